The number of amides is 1. The number of thioether (sulfide) groups is 1. The highest BCUT2D eigenvalue weighted by molar-refractivity contribution is 7.98. The fraction of sp³-hybridized carbons (Fsp3) is 0.217. The summed E-state index contributed by atoms with van der Waals surface area (Å²) >= 11 is 3.29. The van der Waals surface area contributed by atoms with Crippen LogP contribution in [0.3, 0.4) is 0 Å². The second-order valence-corrected chi connectivity index (χ2v) is 9.04. The Morgan fingerprint density at radius 1 is 1.00 bits per heavy atom. The van der Waals surface area contributed by atoms with Crippen LogP contribution in [-0.4, -0.2) is 49.2 Å². The Morgan fingerprint density at radius 3 is 2.55 bits per heavy atom. The molecule has 4 nitrogen and oxygen atoms in total. The molecule has 0 spiro atoms. The SMILES string of the molecule is CSc1ccc2nc(N(CCN(C)C)C(=O)c3ccc4ccccc4c3)sc2c1. The summed E-state index contributed by atoms with van der Waals surface area (Å²) in [5.74, 6) is -0.0123. The zero-order chi connectivity index (χ0) is 20.4. The highest BCUT2D eigenvalue weighted by atomic mass is 32.2. The summed E-state index contributed by atoms with van der Waals surface area (Å²) in [4.78, 5) is 23.3. The van der Waals surface area contributed by atoms with Gasteiger partial charge in [0.1, 0.15) is 0 Å². The summed E-state index contributed by atoms with van der Waals surface area (Å²) in [5, 5.41) is 2.95. The van der Waals surface area contributed by atoms with E-state index in [1.165, 1.54) is 4.90 Å². The molecule has 0 bridgehead atoms. The zero-order valence-electron chi connectivity index (χ0n) is 16.8. The Balaban J connectivity index is 1.73. The molecule has 29 heavy (non-hydrogen) atoms. The van der Waals surface area contributed by atoms with E-state index in [1.807, 2.05) is 61.5 Å². The Kier molecular flexibility index (Phi) is 5.85. The van der Waals surface area contributed by atoms with Crippen molar-refractivity contribution in [2.24, 2.45) is 0 Å². The molecule has 1 amide bonds. The molecule has 0 N–H and O–H groups in total. The first-order chi connectivity index (χ1) is 14.0. The number of fused-ring (bicyclic) bond motifs is 2. The molecule has 0 aliphatic carbocycles. The fourth-order valence-corrected chi connectivity index (χ4v) is 4.74. The van der Waals surface area contributed by atoms with Gasteiger partial charge in [0.25, 0.3) is 5.91 Å². The molecular formula is C23H23N3OS2. The summed E-state index contributed by atoms with van der Waals surface area (Å²) in [5.41, 5.74) is 1.62. The van der Waals surface area contributed by atoms with E-state index < -0.39 is 0 Å². The zero-order valence-corrected chi connectivity index (χ0v) is 18.4. The van der Waals surface area contributed by atoms with Crippen molar-refractivity contribution in [1.29, 1.82) is 0 Å². The van der Waals surface area contributed by atoms with Gasteiger partial charge in [-0.15, -0.1) is 11.8 Å². The van der Waals surface area contributed by atoms with Gasteiger partial charge in [-0.25, -0.2) is 4.98 Å². The summed E-state index contributed by atoms with van der Waals surface area (Å²) < 4.78 is 1.10. The van der Waals surface area contributed by atoms with Crippen molar-refractivity contribution in [2.45, 2.75) is 4.90 Å². The molecule has 0 unspecified atom stereocenters. The number of carbonyl (C=O) groups excluding carboxylic acids is 1. The maximum atomic E-state index is 13.5. The van der Waals surface area contributed by atoms with Crippen molar-refractivity contribution < 1.29 is 4.79 Å². The molecule has 1 heterocycles. The van der Waals surface area contributed by atoms with Crippen molar-refractivity contribution in [1.82, 2.24) is 9.88 Å². The van der Waals surface area contributed by atoms with Gasteiger partial charge in [-0.3, -0.25) is 9.69 Å². The molecule has 0 saturated carbocycles. The predicted octanol–water partition coefficient (Wildman–Crippen LogP) is 5.38. The first kappa shape index (κ1) is 19.9. The molecule has 0 aliphatic heterocycles. The number of rotatable bonds is 6. The van der Waals surface area contributed by atoms with Gasteiger partial charge >= 0.3 is 0 Å². The number of hydrogen-bond acceptors (Lipinski definition) is 5. The Morgan fingerprint density at radius 2 is 1.79 bits per heavy atom. The lowest BCUT2D eigenvalue weighted by Crippen LogP contribution is -2.36. The van der Waals surface area contributed by atoms with Gasteiger partial charge in [0.05, 0.1) is 10.2 Å². The van der Waals surface area contributed by atoms with Gasteiger partial charge in [0.2, 0.25) is 0 Å². The number of likely N-dealkylation sites (N-methyl/N-ethyl adjacent to an activating group) is 1. The number of anilines is 1. The van der Waals surface area contributed by atoms with E-state index in [2.05, 4.69) is 29.4 Å². The monoisotopic (exact) mass is 421 g/mol. The van der Waals surface area contributed by atoms with Gasteiger partial charge in [-0.05, 0) is 61.5 Å². The fourth-order valence-electron chi connectivity index (χ4n) is 3.20. The number of carbonyl (C=O) groups is 1. The largest absolute Gasteiger partial charge is 0.308 e. The molecule has 0 saturated heterocycles. The normalized spacial score (nSPS) is 11.4. The lowest BCUT2D eigenvalue weighted by Gasteiger charge is -2.22. The van der Waals surface area contributed by atoms with Crippen molar-refractivity contribution in [3.05, 3.63) is 66.2 Å². The van der Waals surface area contributed by atoms with E-state index in [-0.39, 0.29) is 5.91 Å². The van der Waals surface area contributed by atoms with Crippen LogP contribution in [0.1, 0.15) is 10.4 Å². The quantitative estimate of drug-likeness (QED) is 0.392. The van der Waals surface area contributed by atoms with Crippen molar-refractivity contribution in [3.8, 4) is 0 Å². The second kappa shape index (κ2) is 8.53. The van der Waals surface area contributed by atoms with Crippen molar-refractivity contribution in [3.63, 3.8) is 0 Å². The summed E-state index contributed by atoms with van der Waals surface area (Å²) in [7, 11) is 4.03. The minimum Gasteiger partial charge on any atom is -0.308 e. The first-order valence-electron chi connectivity index (χ1n) is 9.45. The molecule has 4 aromatic rings. The molecule has 6 heteroatoms. The Labute approximate surface area is 179 Å². The Hall–Kier alpha value is -2.41. The van der Waals surface area contributed by atoms with E-state index in [4.69, 9.17) is 4.98 Å². The van der Waals surface area contributed by atoms with E-state index in [9.17, 15) is 4.79 Å². The number of aromatic nitrogens is 1. The van der Waals surface area contributed by atoms with Crippen LogP contribution in [0.15, 0.2) is 65.6 Å². The lowest BCUT2D eigenvalue weighted by atomic mass is 10.1. The van der Waals surface area contributed by atoms with Gasteiger partial charge in [0, 0.05) is 23.5 Å². The molecule has 3 aromatic carbocycles. The van der Waals surface area contributed by atoms with Crippen LogP contribution in [0.4, 0.5) is 5.13 Å². The summed E-state index contributed by atoms with van der Waals surface area (Å²) in [6, 6.07) is 20.3. The minimum atomic E-state index is -0.0123. The van der Waals surface area contributed by atoms with Gasteiger partial charge < -0.3 is 4.90 Å². The maximum Gasteiger partial charge on any atom is 0.260 e. The molecule has 1 aromatic heterocycles. The number of hydrogen-bond donors (Lipinski definition) is 0. The van der Waals surface area contributed by atoms with Crippen LogP contribution < -0.4 is 4.90 Å². The van der Waals surface area contributed by atoms with Gasteiger partial charge in [-0.2, -0.15) is 0 Å². The first-order valence-corrected chi connectivity index (χ1v) is 11.5. The van der Waals surface area contributed by atoms with Crippen molar-refractivity contribution >= 4 is 55.1 Å². The molecule has 148 valence electrons. The molecule has 0 aliphatic rings. The average Bonchev–Trinajstić information content (AvgIpc) is 3.15. The Bertz CT molecular complexity index is 1170. The van der Waals surface area contributed by atoms with Crippen LogP contribution >= 0.6 is 23.1 Å². The molecule has 0 fully saturated rings. The highest BCUT2D eigenvalue weighted by Crippen LogP contribution is 2.32. The topological polar surface area (TPSA) is 36.4 Å². The van der Waals surface area contributed by atoms with Crippen LogP contribution in [-0.2, 0) is 0 Å². The number of nitrogens with zero attached hydrogens (tertiary/aromatic N) is 3. The van der Waals surface area contributed by atoms with E-state index in [0.717, 1.165) is 32.7 Å². The molecule has 4 rings (SSSR count). The summed E-state index contributed by atoms with van der Waals surface area (Å²) in [6.45, 7) is 1.36. The van der Waals surface area contributed by atoms with E-state index in [0.29, 0.717) is 12.1 Å². The third-order valence-corrected chi connectivity index (χ3v) is 6.59. The van der Waals surface area contributed by atoms with Crippen LogP contribution in [0.2, 0.25) is 0 Å². The minimum absolute atomic E-state index is 0.0123. The number of thiazole rings is 1. The summed E-state index contributed by atoms with van der Waals surface area (Å²) in [6.07, 6.45) is 2.07. The lowest BCUT2D eigenvalue weighted by molar-refractivity contribution is 0.0985. The second-order valence-electron chi connectivity index (χ2n) is 7.15. The van der Waals surface area contributed by atoms with Crippen LogP contribution in [0.25, 0.3) is 21.0 Å². The number of benzene rings is 3. The van der Waals surface area contributed by atoms with Crippen LogP contribution in [0, 0.1) is 0 Å². The molecular weight excluding hydrogens is 398 g/mol. The van der Waals surface area contributed by atoms with Crippen molar-refractivity contribution in [2.75, 3.05) is 38.3 Å². The highest BCUT2D eigenvalue weighted by Gasteiger charge is 2.21. The third-order valence-electron chi connectivity index (χ3n) is 4.83. The van der Waals surface area contributed by atoms with Crippen LogP contribution in [0.5, 0.6) is 0 Å². The van der Waals surface area contributed by atoms with E-state index in [1.54, 1.807) is 23.1 Å². The smallest absolute Gasteiger partial charge is 0.260 e. The molecule has 0 radical (unpaired) electrons. The standard InChI is InChI=1S/C23H23N3OS2/c1-25(2)12-13-26(23-24-20-11-10-19(28-3)15-21(20)29-23)22(27)18-9-8-16-6-4-5-7-17(16)14-18/h4-11,14-15H,12-13H2,1-3H3. The van der Waals surface area contributed by atoms with E-state index >= 15 is 0 Å². The van der Waals surface area contributed by atoms with Gasteiger partial charge in [0.15, 0.2) is 5.13 Å². The molecule has 0 atom stereocenters. The average molecular weight is 422 g/mol. The van der Waals surface area contributed by atoms with Gasteiger partial charge in [-0.1, -0.05) is 41.7 Å². The maximum absolute atomic E-state index is 13.5. The third kappa shape index (κ3) is 4.29. The predicted molar refractivity (Wildman–Crippen MR) is 126 cm³/mol.